The van der Waals surface area contributed by atoms with Gasteiger partial charge in [-0.15, -0.1) is 0 Å². The lowest BCUT2D eigenvalue weighted by Gasteiger charge is -2.39. The maximum Gasteiger partial charge on any atom is 0.227 e. The molecular weight excluding hydrogens is 202 g/mol. The van der Waals surface area contributed by atoms with E-state index in [2.05, 4.69) is 17.3 Å². The van der Waals surface area contributed by atoms with Gasteiger partial charge in [-0.2, -0.15) is 0 Å². The lowest BCUT2D eigenvalue weighted by Crippen LogP contribution is -2.52. The zero-order chi connectivity index (χ0) is 11.6. The van der Waals surface area contributed by atoms with E-state index in [1.54, 1.807) is 0 Å². The molecule has 1 atom stereocenters. The first-order valence-electron chi connectivity index (χ1n) is 6.36. The molecule has 1 heterocycles. The first-order chi connectivity index (χ1) is 7.68. The molecule has 0 spiro atoms. The monoisotopic (exact) mass is 225 g/mol. The summed E-state index contributed by atoms with van der Waals surface area (Å²) in [6.07, 6.45) is 5.53. The number of nitrogens with zero attached hydrogens (tertiary/aromatic N) is 1. The van der Waals surface area contributed by atoms with E-state index in [1.165, 1.54) is 12.8 Å². The number of likely N-dealkylation sites (N-methyl/N-ethyl adjacent to an activating group) is 1. The fourth-order valence-corrected chi connectivity index (χ4v) is 2.76. The Morgan fingerprint density at radius 2 is 2.25 bits per heavy atom. The number of carbonyl (C=O) groups excluding carboxylic acids is 1. The van der Waals surface area contributed by atoms with E-state index in [1.807, 2.05) is 0 Å². The molecule has 0 bridgehead atoms. The largest absolute Gasteiger partial charge is 0.354 e. The summed E-state index contributed by atoms with van der Waals surface area (Å²) >= 11 is 0. The molecule has 1 aliphatic heterocycles. The summed E-state index contributed by atoms with van der Waals surface area (Å²) in [5, 5.41) is 3.09. The van der Waals surface area contributed by atoms with Crippen LogP contribution in [0.2, 0.25) is 0 Å². The molecule has 1 saturated heterocycles. The number of likely N-dealkylation sites (tertiary alicyclic amines) is 1. The van der Waals surface area contributed by atoms with Crippen molar-refractivity contribution in [2.45, 2.75) is 38.1 Å². The Morgan fingerprint density at radius 3 is 2.69 bits per heavy atom. The molecule has 1 saturated carbocycles. The first kappa shape index (κ1) is 11.9. The average molecular weight is 225 g/mol. The summed E-state index contributed by atoms with van der Waals surface area (Å²) in [5.41, 5.74) is 5.48. The minimum absolute atomic E-state index is 0.182. The van der Waals surface area contributed by atoms with Gasteiger partial charge in [0.1, 0.15) is 0 Å². The third kappa shape index (κ3) is 2.09. The van der Waals surface area contributed by atoms with Crippen molar-refractivity contribution in [1.29, 1.82) is 0 Å². The lowest BCUT2D eigenvalue weighted by molar-refractivity contribution is -0.135. The average Bonchev–Trinajstić information content (AvgIpc) is 2.60. The van der Waals surface area contributed by atoms with E-state index in [4.69, 9.17) is 5.73 Å². The Labute approximate surface area is 97.6 Å². The van der Waals surface area contributed by atoms with Crippen molar-refractivity contribution >= 4 is 5.91 Å². The maximum atomic E-state index is 12.0. The third-order valence-electron chi connectivity index (χ3n) is 4.35. The molecule has 16 heavy (non-hydrogen) atoms. The van der Waals surface area contributed by atoms with Gasteiger partial charge in [0.2, 0.25) is 5.91 Å². The molecule has 2 fully saturated rings. The Morgan fingerprint density at radius 1 is 1.50 bits per heavy atom. The van der Waals surface area contributed by atoms with E-state index >= 15 is 0 Å². The van der Waals surface area contributed by atoms with Gasteiger partial charge in [-0.1, -0.05) is 6.42 Å². The zero-order valence-corrected chi connectivity index (χ0v) is 10.2. The van der Waals surface area contributed by atoms with Crippen molar-refractivity contribution in [3.05, 3.63) is 0 Å². The summed E-state index contributed by atoms with van der Waals surface area (Å²) < 4.78 is 0. The second-order valence-corrected chi connectivity index (χ2v) is 5.32. The highest BCUT2D eigenvalue weighted by atomic mass is 16.2. The SMILES string of the molecule is CN1CCCC1CNC(=O)C1(CN)CCC1. The van der Waals surface area contributed by atoms with Crippen molar-refractivity contribution in [2.24, 2.45) is 11.1 Å². The Balaban J connectivity index is 1.79. The maximum absolute atomic E-state index is 12.0. The molecule has 1 aliphatic carbocycles. The number of nitrogens with two attached hydrogens (primary N) is 1. The minimum atomic E-state index is -0.225. The van der Waals surface area contributed by atoms with E-state index in [0.29, 0.717) is 12.6 Å². The highest BCUT2D eigenvalue weighted by Crippen LogP contribution is 2.39. The fourth-order valence-electron chi connectivity index (χ4n) is 2.76. The Bertz CT molecular complexity index is 257. The van der Waals surface area contributed by atoms with Crippen LogP contribution in [0.4, 0.5) is 0 Å². The van der Waals surface area contributed by atoms with Crippen LogP contribution in [0.5, 0.6) is 0 Å². The summed E-state index contributed by atoms with van der Waals surface area (Å²) in [4.78, 5) is 14.4. The third-order valence-corrected chi connectivity index (χ3v) is 4.35. The highest BCUT2D eigenvalue weighted by Gasteiger charge is 2.42. The summed E-state index contributed by atoms with van der Waals surface area (Å²) in [6.45, 7) is 2.44. The van der Waals surface area contributed by atoms with E-state index in [-0.39, 0.29) is 11.3 Å². The molecule has 4 nitrogen and oxygen atoms in total. The van der Waals surface area contributed by atoms with Crippen molar-refractivity contribution in [2.75, 3.05) is 26.7 Å². The molecule has 0 radical (unpaired) electrons. The van der Waals surface area contributed by atoms with Crippen LogP contribution >= 0.6 is 0 Å². The quantitative estimate of drug-likeness (QED) is 0.725. The first-order valence-corrected chi connectivity index (χ1v) is 6.36. The molecule has 0 aromatic heterocycles. The number of amides is 1. The predicted octanol–water partition coefficient (Wildman–Crippen LogP) is 0.326. The van der Waals surface area contributed by atoms with Crippen molar-refractivity contribution in [1.82, 2.24) is 10.2 Å². The smallest absolute Gasteiger partial charge is 0.227 e. The van der Waals surface area contributed by atoms with Gasteiger partial charge in [-0.05, 0) is 39.3 Å². The topological polar surface area (TPSA) is 58.4 Å². The number of nitrogens with one attached hydrogen (secondary N) is 1. The second kappa shape index (κ2) is 4.72. The number of hydrogen-bond acceptors (Lipinski definition) is 3. The fraction of sp³-hybridized carbons (Fsp3) is 0.917. The van der Waals surface area contributed by atoms with Crippen molar-refractivity contribution < 1.29 is 4.79 Å². The molecule has 0 aromatic rings. The molecule has 0 aromatic carbocycles. The molecule has 1 amide bonds. The second-order valence-electron chi connectivity index (χ2n) is 5.32. The molecular formula is C12H23N3O. The van der Waals surface area contributed by atoms with E-state index in [9.17, 15) is 4.79 Å². The predicted molar refractivity (Wildman–Crippen MR) is 64.0 cm³/mol. The number of rotatable bonds is 4. The van der Waals surface area contributed by atoms with Crippen LogP contribution in [0.25, 0.3) is 0 Å². The van der Waals surface area contributed by atoms with Gasteiger partial charge < -0.3 is 16.0 Å². The van der Waals surface area contributed by atoms with Gasteiger partial charge >= 0.3 is 0 Å². The van der Waals surface area contributed by atoms with Crippen molar-refractivity contribution in [3.8, 4) is 0 Å². The molecule has 1 unspecified atom stereocenters. The summed E-state index contributed by atoms with van der Waals surface area (Å²) in [6, 6.07) is 0.527. The van der Waals surface area contributed by atoms with Gasteiger partial charge in [0.25, 0.3) is 0 Å². The van der Waals surface area contributed by atoms with Crippen LogP contribution in [-0.4, -0.2) is 43.5 Å². The molecule has 92 valence electrons. The Hall–Kier alpha value is -0.610. The molecule has 2 aliphatic rings. The van der Waals surface area contributed by atoms with Crippen LogP contribution in [0.1, 0.15) is 32.1 Å². The van der Waals surface area contributed by atoms with Crippen LogP contribution in [0.15, 0.2) is 0 Å². The normalized spacial score (nSPS) is 28.8. The molecule has 4 heteroatoms. The van der Waals surface area contributed by atoms with Crippen LogP contribution in [0, 0.1) is 5.41 Å². The van der Waals surface area contributed by atoms with Gasteiger partial charge in [-0.25, -0.2) is 0 Å². The molecule has 2 rings (SSSR count). The minimum Gasteiger partial charge on any atom is -0.354 e. The van der Waals surface area contributed by atoms with Crippen LogP contribution < -0.4 is 11.1 Å². The summed E-state index contributed by atoms with van der Waals surface area (Å²) in [5.74, 6) is 0.182. The zero-order valence-electron chi connectivity index (χ0n) is 10.2. The van der Waals surface area contributed by atoms with E-state index < -0.39 is 0 Å². The van der Waals surface area contributed by atoms with Gasteiger partial charge in [0, 0.05) is 19.1 Å². The van der Waals surface area contributed by atoms with Crippen LogP contribution in [-0.2, 0) is 4.79 Å². The standard InChI is InChI=1S/C12H23N3O/c1-15-7-2-4-10(15)8-14-11(16)12(9-13)5-3-6-12/h10H,2-9,13H2,1H3,(H,14,16). The lowest BCUT2D eigenvalue weighted by atomic mass is 9.68. The van der Waals surface area contributed by atoms with Gasteiger partial charge in [0.15, 0.2) is 0 Å². The summed E-state index contributed by atoms with van der Waals surface area (Å²) in [7, 11) is 2.13. The van der Waals surface area contributed by atoms with Gasteiger partial charge in [0.05, 0.1) is 5.41 Å². The van der Waals surface area contributed by atoms with Gasteiger partial charge in [-0.3, -0.25) is 4.79 Å². The van der Waals surface area contributed by atoms with E-state index in [0.717, 1.165) is 32.4 Å². The van der Waals surface area contributed by atoms with Crippen molar-refractivity contribution in [3.63, 3.8) is 0 Å². The number of hydrogen-bond donors (Lipinski definition) is 2. The highest BCUT2D eigenvalue weighted by molar-refractivity contribution is 5.83. The Kier molecular flexibility index (Phi) is 3.50. The van der Waals surface area contributed by atoms with Crippen LogP contribution in [0.3, 0.4) is 0 Å². The number of carbonyl (C=O) groups is 1. The molecule has 3 N–H and O–H groups in total.